The van der Waals surface area contributed by atoms with E-state index in [1.807, 2.05) is 13.0 Å². The van der Waals surface area contributed by atoms with E-state index >= 15 is 0 Å². The average molecular weight is 495 g/mol. The lowest BCUT2D eigenvalue weighted by atomic mass is 9.44. The van der Waals surface area contributed by atoms with Gasteiger partial charge in [0.1, 0.15) is 11.9 Å². The van der Waals surface area contributed by atoms with Crippen LogP contribution in [0.2, 0.25) is 0 Å². The zero-order valence-corrected chi connectivity index (χ0v) is 23.1. The summed E-state index contributed by atoms with van der Waals surface area (Å²) in [5.41, 5.74) is -1.25. The van der Waals surface area contributed by atoms with E-state index in [1.165, 1.54) is 0 Å². The van der Waals surface area contributed by atoms with E-state index in [2.05, 4.69) is 46.1 Å². The second-order valence-corrected chi connectivity index (χ2v) is 12.7. The van der Waals surface area contributed by atoms with Crippen molar-refractivity contribution in [3.8, 4) is 0 Å². The van der Waals surface area contributed by atoms with Crippen LogP contribution in [0.15, 0.2) is 12.7 Å². The minimum absolute atomic E-state index is 0. The number of rotatable bonds is 9. The quantitative estimate of drug-likeness (QED) is 0.274. The van der Waals surface area contributed by atoms with Crippen LogP contribution in [-0.4, -0.2) is 65.1 Å². The first-order valence-corrected chi connectivity index (χ1v) is 14.5. The molecular formula is C28H48NO4S+. The van der Waals surface area contributed by atoms with Crippen LogP contribution in [0, 0.1) is 34.0 Å². The number of hydrogen-bond acceptors (Lipinski definition) is 6. The zero-order valence-electron chi connectivity index (χ0n) is 23.3. The van der Waals surface area contributed by atoms with Gasteiger partial charge in [-0.25, -0.2) is 0 Å². The van der Waals surface area contributed by atoms with E-state index in [1.54, 1.807) is 11.8 Å². The van der Waals surface area contributed by atoms with Gasteiger partial charge in [0.2, 0.25) is 0 Å². The van der Waals surface area contributed by atoms with Gasteiger partial charge in [0, 0.05) is 35.5 Å². The molecule has 5 nitrogen and oxygen atoms in total. The van der Waals surface area contributed by atoms with Crippen LogP contribution in [0.3, 0.4) is 0 Å². The van der Waals surface area contributed by atoms with Crippen LogP contribution in [-0.2, 0) is 14.3 Å². The van der Waals surface area contributed by atoms with E-state index < -0.39 is 23.0 Å². The Morgan fingerprint density at radius 1 is 1.29 bits per heavy atom. The number of aliphatic hydroxyl groups is 1. The maximum atomic E-state index is 13.4. The molecule has 0 aliphatic heterocycles. The van der Waals surface area contributed by atoms with Gasteiger partial charge in [-0.15, -0.1) is 18.3 Å². The van der Waals surface area contributed by atoms with Gasteiger partial charge in [-0.05, 0) is 56.0 Å². The summed E-state index contributed by atoms with van der Waals surface area (Å²) in [7, 11) is 0. The maximum absolute atomic E-state index is 13.4. The number of ether oxygens (including phenoxy) is 1. The summed E-state index contributed by atoms with van der Waals surface area (Å²) < 4.78 is 6.30. The van der Waals surface area contributed by atoms with Crippen molar-refractivity contribution in [3.63, 3.8) is 0 Å². The van der Waals surface area contributed by atoms with Gasteiger partial charge in [0.25, 0.3) is 0 Å². The van der Waals surface area contributed by atoms with Gasteiger partial charge in [0.15, 0.2) is 0 Å². The molecule has 0 amide bonds. The predicted octanol–water partition coefficient (Wildman–Crippen LogP) is 5.08. The summed E-state index contributed by atoms with van der Waals surface area (Å²) in [4.78, 5) is 28.9. The average Bonchev–Trinajstić information content (AvgIpc) is 3.17. The molecule has 0 aromatic rings. The molecule has 8 atom stereocenters. The lowest BCUT2D eigenvalue weighted by Gasteiger charge is -2.61. The number of nitrogens with zero attached hydrogens (tertiary/aromatic N) is 1. The molecular weight excluding hydrogens is 446 g/mol. The second-order valence-electron chi connectivity index (χ2n) is 11.6. The highest BCUT2D eigenvalue weighted by molar-refractivity contribution is 7.99. The fraction of sp³-hybridized carbons (Fsp3) is 0.857. The Morgan fingerprint density at radius 3 is 2.59 bits per heavy atom. The van der Waals surface area contributed by atoms with Crippen LogP contribution in [0.5, 0.6) is 0 Å². The van der Waals surface area contributed by atoms with Gasteiger partial charge >= 0.3 is 7.40 Å². The van der Waals surface area contributed by atoms with Crippen molar-refractivity contribution >= 4 is 23.5 Å². The van der Waals surface area contributed by atoms with E-state index in [9.17, 15) is 14.7 Å². The molecule has 1 N–H and O–H groups in total. The SMILES string of the molecule is C=C[C@]1(C)C[C@@H](OC(=O)CSCCN(CC)CC)[C@@]2(C)C(C)CC[C@]3(CCC(=O)[C@H]32)[C@@H](C)[C@@H]1O.[H+]. The minimum atomic E-state index is -0.624. The van der Waals surface area contributed by atoms with Crippen molar-refractivity contribution in [1.29, 1.82) is 0 Å². The Hall–Kier alpha value is -0.850. The normalized spacial score (nSPS) is 42.1. The van der Waals surface area contributed by atoms with Gasteiger partial charge in [0.05, 0.1) is 11.9 Å². The number of esters is 1. The monoisotopic (exact) mass is 494 g/mol. The van der Waals surface area contributed by atoms with Crippen LogP contribution in [0.1, 0.15) is 75.1 Å². The van der Waals surface area contributed by atoms with Crippen molar-refractivity contribution in [2.24, 2.45) is 34.0 Å². The molecule has 3 aliphatic rings. The maximum Gasteiger partial charge on any atom is 1.00 e. The first-order chi connectivity index (χ1) is 16.0. The van der Waals surface area contributed by atoms with Crippen molar-refractivity contribution in [3.05, 3.63) is 12.7 Å². The van der Waals surface area contributed by atoms with Crippen LogP contribution < -0.4 is 0 Å². The summed E-state index contributed by atoms with van der Waals surface area (Å²) in [5, 5.41) is 11.6. The Balaban J connectivity index is 0.00000432. The third kappa shape index (κ3) is 4.64. The highest BCUT2D eigenvalue weighted by atomic mass is 32.2. The topological polar surface area (TPSA) is 66.8 Å². The number of Topliss-reactive ketones (excluding diaryl/α,β-unsaturated/α-hetero) is 1. The number of thioether (sulfide) groups is 1. The number of aliphatic hydroxyl groups excluding tert-OH is 1. The standard InChI is InChI=1S/C28H47NO4S/c1-8-26(6)17-22(33-23(31)18-34-16-15-29(9-2)10-3)27(7)19(4)11-13-28(20(5)25(26)32)14-12-21(30)24(27)28/h8,19-20,22,24-25,32H,1,9-18H2,2-7H3/p+1/t19?,20-,22+,24-,25-,26+,27+,28-/m0/s1. The van der Waals surface area contributed by atoms with E-state index in [0.717, 1.165) is 44.6 Å². The van der Waals surface area contributed by atoms with Crippen molar-refractivity contribution in [2.45, 2.75) is 85.9 Å². The Kier molecular flexibility index (Phi) is 8.68. The molecule has 34 heavy (non-hydrogen) atoms. The fourth-order valence-electron chi connectivity index (χ4n) is 7.58. The first kappa shape index (κ1) is 27.7. The third-order valence-corrected chi connectivity index (χ3v) is 11.2. The third-order valence-electron chi connectivity index (χ3n) is 10.2. The highest BCUT2D eigenvalue weighted by Crippen LogP contribution is 2.67. The molecule has 194 valence electrons. The molecule has 0 saturated heterocycles. The van der Waals surface area contributed by atoms with Crippen LogP contribution in [0.4, 0.5) is 0 Å². The Labute approximate surface area is 212 Å². The molecule has 3 rings (SSSR count). The van der Waals surface area contributed by atoms with Crippen molar-refractivity contribution < 1.29 is 20.9 Å². The number of carbonyl (C=O) groups excluding carboxylic acids is 2. The van der Waals surface area contributed by atoms with E-state index in [0.29, 0.717) is 24.4 Å². The molecule has 3 fully saturated rings. The summed E-state index contributed by atoms with van der Waals surface area (Å²) in [6.45, 7) is 20.0. The lowest BCUT2D eigenvalue weighted by molar-refractivity contribution is -0.205. The van der Waals surface area contributed by atoms with Crippen LogP contribution in [0.25, 0.3) is 0 Å². The summed E-state index contributed by atoms with van der Waals surface area (Å²) >= 11 is 1.61. The molecule has 1 unspecified atom stereocenters. The number of hydrogen-bond donors (Lipinski definition) is 1. The fourth-order valence-corrected chi connectivity index (χ4v) is 8.35. The molecule has 2 bridgehead atoms. The zero-order chi connectivity index (χ0) is 25.3. The smallest absolute Gasteiger partial charge is 0.461 e. The molecule has 3 saturated carbocycles. The van der Waals surface area contributed by atoms with Crippen molar-refractivity contribution in [2.75, 3.05) is 31.1 Å². The summed E-state index contributed by atoms with van der Waals surface area (Å²) in [5.74, 6) is 1.37. The largest absolute Gasteiger partial charge is 1.00 e. The summed E-state index contributed by atoms with van der Waals surface area (Å²) in [6, 6.07) is 0. The summed E-state index contributed by atoms with van der Waals surface area (Å²) in [6.07, 6.45) is 4.64. The van der Waals surface area contributed by atoms with Gasteiger partial charge < -0.3 is 14.7 Å². The molecule has 3 aliphatic carbocycles. The van der Waals surface area contributed by atoms with Gasteiger partial charge in [-0.3, -0.25) is 9.59 Å². The van der Waals surface area contributed by atoms with E-state index in [4.69, 9.17) is 4.74 Å². The predicted molar refractivity (Wildman–Crippen MR) is 141 cm³/mol. The minimum Gasteiger partial charge on any atom is -0.461 e. The van der Waals surface area contributed by atoms with Gasteiger partial charge in [-0.1, -0.05) is 47.6 Å². The Bertz CT molecular complexity index is 776. The van der Waals surface area contributed by atoms with Crippen molar-refractivity contribution in [1.82, 2.24) is 4.90 Å². The molecule has 0 radical (unpaired) electrons. The van der Waals surface area contributed by atoms with Crippen LogP contribution >= 0.6 is 11.8 Å². The molecule has 6 heteroatoms. The molecule has 0 aromatic carbocycles. The molecule has 0 heterocycles. The van der Waals surface area contributed by atoms with E-state index in [-0.39, 0.29) is 30.6 Å². The number of carbonyl (C=O) groups is 2. The second kappa shape index (κ2) is 10.6. The van der Waals surface area contributed by atoms with Gasteiger partial charge in [-0.2, -0.15) is 0 Å². The first-order valence-electron chi connectivity index (χ1n) is 13.3. The molecule has 0 spiro atoms. The Morgan fingerprint density at radius 2 is 1.97 bits per heavy atom. The lowest BCUT2D eigenvalue weighted by Crippen LogP contribution is -2.63. The highest BCUT2D eigenvalue weighted by Gasteiger charge is 2.68. The molecule has 0 aromatic heterocycles. The number of ketones is 1.